The molecule has 66 valence electrons. The molecule has 0 bridgehead atoms. The van der Waals surface area contributed by atoms with Gasteiger partial charge in [0.1, 0.15) is 0 Å². The summed E-state index contributed by atoms with van der Waals surface area (Å²) in [5.74, 6) is 0.535. The number of imidazole rings is 1. The minimum atomic E-state index is -0.125. The molecule has 5 nitrogen and oxygen atoms in total. The van der Waals surface area contributed by atoms with Crippen molar-refractivity contribution >= 4 is 0 Å². The molecule has 0 aliphatic carbocycles. The van der Waals surface area contributed by atoms with Crippen LogP contribution in [0.25, 0.3) is 5.82 Å². The molecular formula is C8H8N4O. The average Bonchev–Trinajstić information content (AvgIpc) is 2.49. The third kappa shape index (κ3) is 1.24. The minimum Gasteiger partial charge on any atom is -0.302 e. The van der Waals surface area contributed by atoms with E-state index < -0.39 is 0 Å². The van der Waals surface area contributed by atoms with Crippen LogP contribution < -0.4 is 5.69 Å². The Morgan fingerprint density at radius 2 is 2.15 bits per heavy atom. The van der Waals surface area contributed by atoms with Gasteiger partial charge in [0.05, 0.1) is 6.20 Å². The molecule has 0 aromatic carbocycles. The maximum Gasteiger partial charge on any atom is 0.333 e. The molecule has 0 amide bonds. The Morgan fingerprint density at radius 1 is 1.31 bits per heavy atom. The second-order valence-corrected chi connectivity index (χ2v) is 2.63. The number of nitrogens with zero attached hydrogens (tertiary/aromatic N) is 4. The number of hydrogen-bond acceptors (Lipinski definition) is 3. The van der Waals surface area contributed by atoms with Gasteiger partial charge in [-0.3, -0.25) is 9.55 Å². The molecule has 2 rings (SSSR count). The maximum absolute atomic E-state index is 11.4. The molecule has 2 aromatic heterocycles. The lowest BCUT2D eigenvalue weighted by atomic mass is 10.6. The summed E-state index contributed by atoms with van der Waals surface area (Å²) in [6.07, 6.45) is 8.00. The van der Waals surface area contributed by atoms with Gasteiger partial charge in [0.2, 0.25) is 0 Å². The van der Waals surface area contributed by atoms with Crippen molar-refractivity contribution in [3.8, 4) is 5.82 Å². The van der Waals surface area contributed by atoms with E-state index in [1.54, 1.807) is 38.0 Å². The Balaban J connectivity index is 2.60. The van der Waals surface area contributed by atoms with Gasteiger partial charge in [-0.2, -0.15) is 0 Å². The maximum atomic E-state index is 11.4. The molecule has 0 saturated heterocycles. The van der Waals surface area contributed by atoms with Crippen LogP contribution in [0.3, 0.4) is 0 Å². The van der Waals surface area contributed by atoms with Crippen molar-refractivity contribution in [3.05, 3.63) is 41.5 Å². The van der Waals surface area contributed by atoms with E-state index in [-0.39, 0.29) is 5.69 Å². The largest absolute Gasteiger partial charge is 0.333 e. The van der Waals surface area contributed by atoms with Gasteiger partial charge in [-0.1, -0.05) is 0 Å². The molecule has 5 heteroatoms. The molecule has 2 aromatic rings. The van der Waals surface area contributed by atoms with Gasteiger partial charge >= 0.3 is 5.69 Å². The third-order valence-electron chi connectivity index (χ3n) is 1.74. The Bertz CT molecular complexity index is 456. The van der Waals surface area contributed by atoms with Gasteiger partial charge in [0, 0.05) is 31.8 Å². The molecule has 2 heterocycles. The highest BCUT2D eigenvalue weighted by atomic mass is 16.1. The molecule has 0 radical (unpaired) electrons. The number of hydrogen-bond donors (Lipinski definition) is 0. The van der Waals surface area contributed by atoms with Crippen molar-refractivity contribution in [2.45, 2.75) is 0 Å². The topological polar surface area (TPSA) is 52.7 Å². The summed E-state index contributed by atoms with van der Waals surface area (Å²) < 4.78 is 2.92. The standard InChI is InChI=1S/C8H8N4O/c1-11-4-5-12(8(11)13)7-6-9-2-3-10-7/h2-6H,1H3. The van der Waals surface area contributed by atoms with Gasteiger partial charge in [-0.15, -0.1) is 0 Å². The van der Waals surface area contributed by atoms with Crippen molar-refractivity contribution in [1.82, 2.24) is 19.1 Å². The van der Waals surface area contributed by atoms with Gasteiger partial charge < -0.3 is 4.57 Å². The second-order valence-electron chi connectivity index (χ2n) is 2.63. The number of rotatable bonds is 1. The van der Waals surface area contributed by atoms with Gasteiger partial charge in [-0.05, 0) is 0 Å². The minimum absolute atomic E-state index is 0.125. The van der Waals surface area contributed by atoms with Crippen LogP contribution in [-0.4, -0.2) is 19.1 Å². The van der Waals surface area contributed by atoms with Crippen LogP contribution in [0.5, 0.6) is 0 Å². The first-order valence-corrected chi connectivity index (χ1v) is 3.79. The summed E-state index contributed by atoms with van der Waals surface area (Å²) >= 11 is 0. The molecule has 0 aliphatic rings. The van der Waals surface area contributed by atoms with E-state index in [0.717, 1.165) is 0 Å². The van der Waals surface area contributed by atoms with Crippen LogP contribution in [0.1, 0.15) is 0 Å². The molecule has 0 fully saturated rings. The van der Waals surface area contributed by atoms with Crippen LogP contribution in [0.4, 0.5) is 0 Å². The lowest BCUT2D eigenvalue weighted by molar-refractivity contribution is 0.810. The third-order valence-corrected chi connectivity index (χ3v) is 1.74. The van der Waals surface area contributed by atoms with E-state index in [1.165, 1.54) is 9.13 Å². The first-order chi connectivity index (χ1) is 6.29. The van der Waals surface area contributed by atoms with Gasteiger partial charge in [0.25, 0.3) is 0 Å². The SMILES string of the molecule is Cn1ccn(-c2cnccn2)c1=O. The lowest BCUT2D eigenvalue weighted by Crippen LogP contribution is -2.21. The Hall–Kier alpha value is -1.91. The quantitative estimate of drug-likeness (QED) is 0.613. The molecule has 0 atom stereocenters. The van der Waals surface area contributed by atoms with Crippen molar-refractivity contribution in [2.75, 3.05) is 0 Å². The summed E-state index contributed by atoms with van der Waals surface area (Å²) in [7, 11) is 1.69. The molecule has 0 unspecified atom stereocenters. The van der Waals surface area contributed by atoms with E-state index in [2.05, 4.69) is 9.97 Å². The molecule has 0 N–H and O–H groups in total. The van der Waals surface area contributed by atoms with Crippen LogP contribution in [0.2, 0.25) is 0 Å². The molecule has 0 aliphatic heterocycles. The monoisotopic (exact) mass is 176 g/mol. The van der Waals surface area contributed by atoms with Crippen LogP contribution in [0.15, 0.2) is 35.8 Å². The summed E-state index contributed by atoms with van der Waals surface area (Å²) in [6.45, 7) is 0. The Morgan fingerprint density at radius 3 is 2.69 bits per heavy atom. The fourth-order valence-corrected chi connectivity index (χ4v) is 1.05. The van der Waals surface area contributed by atoms with E-state index in [1.807, 2.05) is 0 Å². The first-order valence-electron chi connectivity index (χ1n) is 3.79. The lowest BCUT2D eigenvalue weighted by Gasteiger charge is -1.96. The summed E-state index contributed by atoms with van der Waals surface area (Å²) in [6, 6.07) is 0. The van der Waals surface area contributed by atoms with E-state index >= 15 is 0 Å². The number of aromatic nitrogens is 4. The first kappa shape index (κ1) is 7.72. The van der Waals surface area contributed by atoms with Gasteiger partial charge in [0.15, 0.2) is 5.82 Å². The Kier molecular flexibility index (Phi) is 1.70. The predicted octanol–water partition coefficient (Wildman–Crippen LogP) is -0.0340. The fraction of sp³-hybridized carbons (Fsp3) is 0.125. The van der Waals surface area contributed by atoms with Crippen molar-refractivity contribution in [2.24, 2.45) is 7.05 Å². The van der Waals surface area contributed by atoms with E-state index in [0.29, 0.717) is 5.82 Å². The second kappa shape index (κ2) is 2.85. The summed E-state index contributed by atoms with van der Waals surface area (Å²) in [4.78, 5) is 19.3. The predicted molar refractivity (Wildman–Crippen MR) is 46.6 cm³/mol. The highest BCUT2D eigenvalue weighted by Gasteiger charge is 2.02. The Labute approximate surface area is 74.3 Å². The zero-order chi connectivity index (χ0) is 9.26. The van der Waals surface area contributed by atoms with Crippen LogP contribution >= 0.6 is 0 Å². The van der Waals surface area contributed by atoms with Crippen molar-refractivity contribution < 1.29 is 0 Å². The highest BCUT2D eigenvalue weighted by molar-refractivity contribution is 5.16. The van der Waals surface area contributed by atoms with E-state index in [9.17, 15) is 4.79 Å². The van der Waals surface area contributed by atoms with Crippen LogP contribution in [0, 0.1) is 0 Å². The van der Waals surface area contributed by atoms with Crippen LogP contribution in [-0.2, 0) is 7.05 Å². The normalized spacial score (nSPS) is 10.2. The zero-order valence-corrected chi connectivity index (χ0v) is 7.08. The average molecular weight is 176 g/mol. The molecule has 13 heavy (non-hydrogen) atoms. The zero-order valence-electron chi connectivity index (χ0n) is 7.08. The highest BCUT2D eigenvalue weighted by Crippen LogP contribution is 1.95. The summed E-state index contributed by atoms with van der Waals surface area (Å²) in [5.41, 5.74) is -0.125. The molecule has 0 spiro atoms. The van der Waals surface area contributed by atoms with Crippen molar-refractivity contribution in [1.29, 1.82) is 0 Å². The summed E-state index contributed by atoms with van der Waals surface area (Å²) in [5, 5.41) is 0. The van der Waals surface area contributed by atoms with E-state index in [4.69, 9.17) is 0 Å². The molecular weight excluding hydrogens is 168 g/mol. The number of aryl methyl sites for hydroxylation is 1. The smallest absolute Gasteiger partial charge is 0.302 e. The van der Waals surface area contributed by atoms with Crippen molar-refractivity contribution in [3.63, 3.8) is 0 Å². The van der Waals surface area contributed by atoms with Gasteiger partial charge in [-0.25, -0.2) is 9.78 Å². The molecule has 0 saturated carbocycles. The fourth-order valence-electron chi connectivity index (χ4n) is 1.05.